The largest absolute Gasteiger partial charge is 0.310 e. The quantitative estimate of drug-likeness (QED) is 0.503. The molecule has 46 valence electrons. The van der Waals surface area contributed by atoms with Crippen molar-refractivity contribution in [1.29, 1.82) is 0 Å². The molecule has 1 heterocycles. The van der Waals surface area contributed by atoms with E-state index in [0.29, 0.717) is 0 Å². The highest BCUT2D eigenvalue weighted by Crippen LogP contribution is 2.11. The Morgan fingerprint density at radius 1 is 1.88 bits per heavy atom. The molecule has 0 radical (unpaired) electrons. The number of rotatable bonds is 1. The van der Waals surface area contributed by atoms with Crippen molar-refractivity contribution in [3.8, 4) is 0 Å². The molecule has 0 spiro atoms. The molecule has 0 aliphatic carbocycles. The van der Waals surface area contributed by atoms with E-state index in [0.717, 1.165) is 12.6 Å². The first kappa shape index (κ1) is 5.83. The first-order chi connectivity index (χ1) is 3.83. The first-order valence-electron chi connectivity index (χ1n) is 3.23. The standard InChI is InChI=1S/C7H13N/c1-3-7-4-6(2)5-8-7/h7-8H,2-5H2,1H3/t7-/m1/s1. The summed E-state index contributed by atoms with van der Waals surface area (Å²) in [5, 5.41) is 3.36. The first-order valence-corrected chi connectivity index (χ1v) is 3.23. The monoisotopic (exact) mass is 111 g/mol. The van der Waals surface area contributed by atoms with Gasteiger partial charge in [-0.1, -0.05) is 19.1 Å². The molecule has 0 amide bonds. The van der Waals surface area contributed by atoms with Crippen LogP contribution in [0.15, 0.2) is 12.2 Å². The van der Waals surface area contributed by atoms with E-state index < -0.39 is 0 Å². The molecule has 1 aliphatic heterocycles. The van der Waals surface area contributed by atoms with Crippen LogP contribution in [-0.2, 0) is 0 Å². The van der Waals surface area contributed by atoms with Gasteiger partial charge in [-0.2, -0.15) is 0 Å². The van der Waals surface area contributed by atoms with E-state index >= 15 is 0 Å². The van der Waals surface area contributed by atoms with Crippen LogP contribution in [0, 0.1) is 0 Å². The second-order valence-corrected chi connectivity index (χ2v) is 2.44. The lowest BCUT2D eigenvalue weighted by Crippen LogP contribution is -2.19. The maximum Gasteiger partial charge on any atom is 0.0165 e. The van der Waals surface area contributed by atoms with Crippen LogP contribution in [0.2, 0.25) is 0 Å². The second kappa shape index (κ2) is 2.31. The van der Waals surface area contributed by atoms with Gasteiger partial charge < -0.3 is 5.32 Å². The second-order valence-electron chi connectivity index (χ2n) is 2.44. The highest BCUT2D eigenvalue weighted by Gasteiger charge is 2.13. The molecule has 0 bridgehead atoms. The predicted molar refractivity (Wildman–Crippen MR) is 35.8 cm³/mol. The van der Waals surface area contributed by atoms with Gasteiger partial charge in [-0.25, -0.2) is 0 Å². The van der Waals surface area contributed by atoms with Gasteiger partial charge in [0.25, 0.3) is 0 Å². The van der Waals surface area contributed by atoms with Gasteiger partial charge >= 0.3 is 0 Å². The third kappa shape index (κ3) is 1.10. The van der Waals surface area contributed by atoms with E-state index in [1.165, 1.54) is 18.4 Å². The van der Waals surface area contributed by atoms with Crippen molar-refractivity contribution < 1.29 is 0 Å². The minimum absolute atomic E-state index is 0.725. The summed E-state index contributed by atoms with van der Waals surface area (Å²) in [6.45, 7) is 7.13. The normalized spacial score (nSPS) is 29.1. The fourth-order valence-electron chi connectivity index (χ4n) is 1.07. The maximum atomic E-state index is 3.89. The third-order valence-corrected chi connectivity index (χ3v) is 1.67. The van der Waals surface area contributed by atoms with Crippen LogP contribution in [-0.4, -0.2) is 12.6 Å². The van der Waals surface area contributed by atoms with Crippen molar-refractivity contribution >= 4 is 0 Å². The Morgan fingerprint density at radius 2 is 2.62 bits per heavy atom. The zero-order valence-electron chi connectivity index (χ0n) is 5.41. The van der Waals surface area contributed by atoms with Crippen molar-refractivity contribution in [1.82, 2.24) is 5.32 Å². The van der Waals surface area contributed by atoms with Crippen LogP contribution in [0.25, 0.3) is 0 Å². The predicted octanol–water partition coefficient (Wildman–Crippen LogP) is 1.31. The van der Waals surface area contributed by atoms with E-state index in [9.17, 15) is 0 Å². The average Bonchev–Trinajstić information content (AvgIpc) is 2.14. The lowest BCUT2D eigenvalue weighted by atomic mass is 10.1. The summed E-state index contributed by atoms with van der Waals surface area (Å²) in [4.78, 5) is 0. The van der Waals surface area contributed by atoms with Crippen molar-refractivity contribution in [2.45, 2.75) is 25.8 Å². The summed E-state index contributed by atoms with van der Waals surface area (Å²) in [5.74, 6) is 0. The van der Waals surface area contributed by atoms with E-state index in [-0.39, 0.29) is 0 Å². The summed E-state index contributed by atoms with van der Waals surface area (Å²) in [6.07, 6.45) is 2.43. The van der Waals surface area contributed by atoms with Gasteiger partial charge in [-0.3, -0.25) is 0 Å². The lowest BCUT2D eigenvalue weighted by molar-refractivity contribution is 0.591. The molecule has 0 unspecified atom stereocenters. The van der Waals surface area contributed by atoms with E-state index in [2.05, 4.69) is 18.8 Å². The van der Waals surface area contributed by atoms with Crippen LogP contribution in [0.1, 0.15) is 19.8 Å². The Hall–Kier alpha value is -0.300. The van der Waals surface area contributed by atoms with Gasteiger partial charge in [-0.15, -0.1) is 0 Å². The third-order valence-electron chi connectivity index (χ3n) is 1.67. The Bertz CT molecular complexity index is 96.6. The smallest absolute Gasteiger partial charge is 0.0165 e. The van der Waals surface area contributed by atoms with Crippen molar-refractivity contribution in [2.75, 3.05) is 6.54 Å². The summed E-state index contributed by atoms with van der Waals surface area (Å²) in [7, 11) is 0. The van der Waals surface area contributed by atoms with Gasteiger partial charge in [0.2, 0.25) is 0 Å². The fraction of sp³-hybridized carbons (Fsp3) is 0.714. The Labute approximate surface area is 50.8 Å². The fourth-order valence-corrected chi connectivity index (χ4v) is 1.07. The molecule has 8 heavy (non-hydrogen) atoms. The maximum absolute atomic E-state index is 3.89. The van der Waals surface area contributed by atoms with E-state index in [4.69, 9.17) is 0 Å². The van der Waals surface area contributed by atoms with Crippen molar-refractivity contribution in [2.24, 2.45) is 0 Å². The Morgan fingerprint density at radius 3 is 2.88 bits per heavy atom. The molecule has 1 atom stereocenters. The molecule has 0 saturated carbocycles. The van der Waals surface area contributed by atoms with Crippen LogP contribution in [0.4, 0.5) is 0 Å². The van der Waals surface area contributed by atoms with Gasteiger partial charge in [0.1, 0.15) is 0 Å². The summed E-state index contributed by atoms with van der Waals surface area (Å²) >= 11 is 0. The molecule has 1 aliphatic rings. The van der Waals surface area contributed by atoms with Gasteiger partial charge in [0.05, 0.1) is 0 Å². The van der Waals surface area contributed by atoms with Crippen LogP contribution in [0.5, 0.6) is 0 Å². The summed E-state index contributed by atoms with van der Waals surface area (Å²) < 4.78 is 0. The molecule has 1 N–H and O–H groups in total. The molecule has 1 saturated heterocycles. The molecule has 1 nitrogen and oxygen atoms in total. The summed E-state index contributed by atoms with van der Waals surface area (Å²) in [5.41, 5.74) is 1.36. The number of hydrogen-bond donors (Lipinski definition) is 1. The Balaban J connectivity index is 2.32. The van der Waals surface area contributed by atoms with Crippen molar-refractivity contribution in [3.63, 3.8) is 0 Å². The molecule has 1 rings (SSSR count). The lowest BCUT2D eigenvalue weighted by Gasteiger charge is -2.01. The molecule has 1 fully saturated rings. The van der Waals surface area contributed by atoms with Gasteiger partial charge in [0.15, 0.2) is 0 Å². The minimum Gasteiger partial charge on any atom is -0.310 e. The van der Waals surface area contributed by atoms with E-state index in [1.54, 1.807) is 0 Å². The highest BCUT2D eigenvalue weighted by atomic mass is 14.9. The topological polar surface area (TPSA) is 12.0 Å². The molecule has 0 aromatic rings. The number of hydrogen-bond acceptors (Lipinski definition) is 1. The summed E-state index contributed by atoms with van der Waals surface area (Å²) in [6, 6.07) is 0.725. The molecule has 1 heteroatoms. The Kier molecular flexibility index (Phi) is 1.69. The minimum atomic E-state index is 0.725. The van der Waals surface area contributed by atoms with Crippen LogP contribution in [0.3, 0.4) is 0 Å². The average molecular weight is 111 g/mol. The molecular formula is C7H13N. The molecule has 0 aromatic carbocycles. The van der Waals surface area contributed by atoms with Crippen LogP contribution < -0.4 is 5.32 Å². The molecule has 0 aromatic heterocycles. The van der Waals surface area contributed by atoms with Gasteiger partial charge in [0, 0.05) is 12.6 Å². The highest BCUT2D eigenvalue weighted by molar-refractivity contribution is 5.05. The van der Waals surface area contributed by atoms with Crippen LogP contribution >= 0.6 is 0 Å². The zero-order chi connectivity index (χ0) is 5.98. The van der Waals surface area contributed by atoms with Crippen molar-refractivity contribution in [3.05, 3.63) is 12.2 Å². The van der Waals surface area contributed by atoms with E-state index in [1.807, 2.05) is 0 Å². The number of nitrogens with one attached hydrogen (secondary N) is 1. The molecular weight excluding hydrogens is 98.1 g/mol. The van der Waals surface area contributed by atoms with Gasteiger partial charge in [-0.05, 0) is 12.8 Å². The SMILES string of the molecule is C=C1CN[C@H](CC)C1. The zero-order valence-corrected chi connectivity index (χ0v) is 5.41.